The van der Waals surface area contributed by atoms with Crippen LogP contribution < -0.4 is 10.5 Å². The number of nitrogens with one attached hydrogen (secondary N) is 1. The van der Waals surface area contributed by atoms with Crippen molar-refractivity contribution in [2.45, 2.75) is 51.3 Å². The summed E-state index contributed by atoms with van der Waals surface area (Å²) < 4.78 is 11.5. The lowest BCUT2D eigenvalue weighted by Crippen LogP contribution is -2.56. The van der Waals surface area contributed by atoms with Gasteiger partial charge in [-0.05, 0) is 51.8 Å². The second-order valence-electron chi connectivity index (χ2n) is 9.44. The van der Waals surface area contributed by atoms with Crippen LogP contribution in [0.1, 0.15) is 39.3 Å². The maximum Gasteiger partial charge on any atom is 0.130 e. The van der Waals surface area contributed by atoms with Crippen LogP contribution in [0, 0.1) is 0 Å². The molecule has 1 saturated heterocycles. The van der Waals surface area contributed by atoms with E-state index < -0.39 is 0 Å². The molecule has 2 aromatic rings. The minimum atomic E-state index is -0.0393. The predicted octanol–water partition coefficient (Wildman–Crippen LogP) is 3.38. The Hall–Kier alpha value is -2.84. The number of nitrogens with two attached hydrogens (primary N) is 1. The molecule has 2 fully saturated rings. The molecule has 1 aromatic carbocycles. The highest BCUT2D eigenvalue weighted by Crippen LogP contribution is 2.40. The molecular weight excluding hydrogens is 416 g/mol. The fraction of sp³-hybridized carbons (Fsp3) is 0.520. The highest BCUT2D eigenvalue weighted by molar-refractivity contribution is 6.02. The number of methoxy groups -OCH3 is 1. The summed E-state index contributed by atoms with van der Waals surface area (Å²) in [4.78, 5) is 9.27. The Labute approximate surface area is 196 Å². The van der Waals surface area contributed by atoms with Crippen LogP contribution in [0.25, 0.3) is 16.6 Å². The van der Waals surface area contributed by atoms with Gasteiger partial charge in [0, 0.05) is 56.5 Å². The number of amidine groups is 1. The third-order valence-electron chi connectivity index (χ3n) is 6.61. The highest BCUT2D eigenvalue weighted by atomic mass is 16.5. The summed E-state index contributed by atoms with van der Waals surface area (Å²) >= 11 is 0. The quantitative estimate of drug-likeness (QED) is 0.471. The number of H-pyrrole nitrogens is 1. The van der Waals surface area contributed by atoms with E-state index >= 15 is 0 Å². The number of piperazine rings is 1. The molecule has 8 nitrogen and oxygen atoms in total. The monoisotopic (exact) mass is 452 g/mol. The molecule has 0 radical (unpaired) electrons. The zero-order chi connectivity index (χ0) is 23.6. The molecule has 4 rings (SSSR count). The molecule has 2 heterocycles. The van der Waals surface area contributed by atoms with Gasteiger partial charge in [-0.3, -0.25) is 10.00 Å². The molecule has 0 amide bonds. The van der Waals surface area contributed by atoms with E-state index in [1.54, 1.807) is 13.3 Å². The van der Waals surface area contributed by atoms with Crippen LogP contribution in [0.3, 0.4) is 0 Å². The SMILES string of the molecule is C=CN=C(/C=C(\N)c1n[nH]c2ccc(OC3(C)CC3)cc12)N1CCN(C(C)COC)[C@@H](C)C1. The molecule has 1 unspecified atom stereocenters. The minimum absolute atomic E-state index is 0.0393. The van der Waals surface area contributed by atoms with Crippen LogP contribution in [0.5, 0.6) is 5.75 Å². The summed E-state index contributed by atoms with van der Waals surface area (Å²) in [6, 6.07) is 6.71. The summed E-state index contributed by atoms with van der Waals surface area (Å²) in [7, 11) is 1.75. The van der Waals surface area contributed by atoms with Crippen molar-refractivity contribution >= 4 is 22.4 Å². The lowest BCUT2D eigenvalue weighted by Gasteiger charge is -2.43. The highest BCUT2D eigenvalue weighted by Gasteiger charge is 2.40. The van der Waals surface area contributed by atoms with E-state index in [-0.39, 0.29) is 5.60 Å². The van der Waals surface area contributed by atoms with Crippen LogP contribution >= 0.6 is 0 Å². The number of aliphatic imine (C=N–C) groups is 1. The van der Waals surface area contributed by atoms with Gasteiger partial charge in [-0.25, -0.2) is 4.99 Å². The number of rotatable bonds is 8. The fourth-order valence-electron chi connectivity index (χ4n) is 4.52. The first-order valence-corrected chi connectivity index (χ1v) is 11.7. The Kier molecular flexibility index (Phi) is 6.76. The number of aromatic nitrogens is 2. The Morgan fingerprint density at radius 3 is 2.88 bits per heavy atom. The number of fused-ring (bicyclic) bond motifs is 1. The van der Waals surface area contributed by atoms with Crippen LogP contribution in [0.15, 0.2) is 42.0 Å². The fourth-order valence-corrected chi connectivity index (χ4v) is 4.52. The van der Waals surface area contributed by atoms with Gasteiger partial charge >= 0.3 is 0 Å². The Balaban J connectivity index is 1.55. The van der Waals surface area contributed by atoms with Crippen LogP contribution in [-0.2, 0) is 4.74 Å². The van der Waals surface area contributed by atoms with E-state index in [2.05, 4.69) is 52.3 Å². The normalized spacial score (nSPS) is 22.4. The van der Waals surface area contributed by atoms with E-state index in [4.69, 9.17) is 15.2 Å². The predicted molar refractivity (Wildman–Crippen MR) is 133 cm³/mol. The number of ether oxygens (including phenoxy) is 2. The van der Waals surface area contributed by atoms with Gasteiger partial charge in [0.15, 0.2) is 0 Å². The van der Waals surface area contributed by atoms with E-state index in [1.165, 1.54) is 0 Å². The van der Waals surface area contributed by atoms with Crippen molar-refractivity contribution < 1.29 is 9.47 Å². The van der Waals surface area contributed by atoms with Gasteiger partial charge in [0.25, 0.3) is 0 Å². The molecule has 8 heteroatoms. The summed E-state index contributed by atoms with van der Waals surface area (Å²) in [5, 5.41) is 8.50. The zero-order valence-electron chi connectivity index (χ0n) is 20.2. The van der Waals surface area contributed by atoms with Gasteiger partial charge in [-0.1, -0.05) is 6.58 Å². The Morgan fingerprint density at radius 1 is 1.42 bits per heavy atom. The molecule has 2 atom stereocenters. The molecule has 178 valence electrons. The number of hydrogen-bond acceptors (Lipinski definition) is 6. The van der Waals surface area contributed by atoms with Gasteiger partial charge in [-0.2, -0.15) is 5.10 Å². The first-order valence-electron chi connectivity index (χ1n) is 11.7. The summed E-state index contributed by atoms with van der Waals surface area (Å²) in [6.07, 6.45) is 5.63. The molecular formula is C25H36N6O2. The molecule has 3 N–H and O–H groups in total. The average molecular weight is 453 g/mol. The van der Waals surface area contributed by atoms with Gasteiger partial charge in [-0.15, -0.1) is 0 Å². The topological polar surface area (TPSA) is 92.0 Å². The van der Waals surface area contributed by atoms with Crippen LogP contribution in [0.2, 0.25) is 0 Å². The van der Waals surface area contributed by atoms with E-state index in [9.17, 15) is 0 Å². The second-order valence-corrected chi connectivity index (χ2v) is 9.44. The molecule has 1 aromatic heterocycles. The lowest BCUT2D eigenvalue weighted by atomic mass is 10.1. The minimum Gasteiger partial charge on any atom is -0.488 e. The van der Waals surface area contributed by atoms with Crippen molar-refractivity contribution in [3.05, 3.63) is 42.7 Å². The van der Waals surface area contributed by atoms with Gasteiger partial charge in [0.1, 0.15) is 22.9 Å². The molecule has 0 spiro atoms. The standard InChI is InChI=1S/C25H36N6O2/c1-6-27-23(30-11-12-31(17(2)15-30)18(3)16-32-5)14-21(26)24-20-13-19(33-25(4)9-10-25)7-8-22(20)28-29-24/h6-8,13-14,17-18H,1,9-12,15-16,26H2,2-5H3,(H,28,29)/b21-14-,27-23?/t17-,18?/m0/s1. The molecule has 2 aliphatic rings. The van der Waals surface area contributed by atoms with Crippen molar-refractivity contribution in [1.29, 1.82) is 0 Å². The first kappa shape index (κ1) is 23.3. The van der Waals surface area contributed by atoms with Gasteiger partial charge in [0.2, 0.25) is 0 Å². The molecule has 1 aliphatic heterocycles. The summed E-state index contributed by atoms with van der Waals surface area (Å²) in [5.74, 6) is 1.63. The van der Waals surface area contributed by atoms with Crippen LogP contribution in [0.4, 0.5) is 0 Å². The van der Waals surface area contributed by atoms with Crippen molar-refractivity contribution in [2.75, 3.05) is 33.4 Å². The lowest BCUT2D eigenvalue weighted by molar-refractivity contribution is 0.0411. The van der Waals surface area contributed by atoms with Gasteiger partial charge in [0.05, 0.1) is 17.8 Å². The van der Waals surface area contributed by atoms with Crippen molar-refractivity contribution in [1.82, 2.24) is 20.0 Å². The summed E-state index contributed by atoms with van der Waals surface area (Å²) in [5.41, 5.74) is 8.69. The smallest absolute Gasteiger partial charge is 0.130 e. The first-order chi connectivity index (χ1) is 15.8. The molecule has 1 saturated carbocycles. The maximum absolute atomic E-state index is 6.55. The van der Waals surface area contributed by atoms with E-state index in [0.717, 1.165) is 61.6 Å². The molecule has 33 heavy (non-hydrogen) atoms. The third kappa shape index (κ3) is 5.23. The number of aromatic amines is 1. The number of hydrogen-bond donors (Lipinski definition) is 2. The van der Waals surface area contributed by atoms with Crippen molar-refractivity contribution in [2.24, 2.45) is 10.7 Å². The summed E-state index contributed by atoms with van der Waals surface area (Å²) in [6.45, 7) is 13.7. The van der Waals surface area contributed by atoms with Crippen molar-refractivity contribution in [3.63, 3.8) is 0 Å². The Morgan fingerprint density at radius 2 is 2.21 bits per heavy atom. The zero-order valence-corrected chi connectivity index (χ0v) is 20.2. The molecule has 1 aliphatic carbocycles. The second kappa shape index (κ2) is 9.57. The maximum atomic E-state index is 6.55. The third-order valence-corrected chi connectivity index (χ3v) is 6.61. The Bertz CT molecular complexity index is 1050. The van der Waals surface area contributed by atoms with Gasteiger partial charge < -0.3 is 20.1 Å². The number of benzene rings is 1. The van der Waals surface area contributed by atoms with E-state index in [1.807, 2.05) is 24.3 Å². The van der Waals surface area contributed by atoms with E-state index in [0.29, 0.717) is 23.5 Å². The van der Waals surface area contributed by atoms with Crippen LogP contribution in [-0.4, -0.2) is 76.9 Å². The largest absolute Gasteiger partial charge is 0.488 e. The number of nitrogens with zero attached hydrogens (tertiary/aromatic N) is 4. The molecule has 0 bridgehead atoms. The van der Waals surface area contributed by atoms with Crippen molar-refractivity contribution in [3.8, 4) is 5.75 Å². The average Bonchev–Trinajstić information content (AvgIpc) is 3.35.